The second kappa shape index (κ2) is 14.4. The number of unbranched alkanes of at least 4 members (excludes halogenated alkanes) is 4. The van der Waals surface area contributed by atoms with Crippen LogP contribution in [0.5, 0.6) is 17.2 Å². The van der Waals surface area contributed by atoms with Gasteiger partial charge in [0, 0.05) is 19.2 Å². The van der Waals surface area contributed by atoms with Crippen LogP contribution in [0.15, 0.2) is 42.5 Å². The lowest BCUT2D eigenvalue weighted by Crippen LogP contribution is -2.40. The van der Waals surface area contributed by atoms with Gasteiger partial charge in [-0.05, 0) is 56.0 Å². The number of ether oxygens (including phenoxy) is 3. The van der Waals surface area contributed by atoms with Crippen molar-refractivity contribution in [3.8, 4) is 17.2 Å². The first-order chi connectivity index (χ1) is 17.3. The third kappa shape index (κ3) is 8.18. The molecule has 7 nitrogen and oxygen atoms in total. The Labute approximate surface area is 215 Å². The highest BCUT2D eigenvalue weighted by Crippen LogP contribution is 2.27. The highest BCUT2D eigenvalue weighted by atomic mass is 16.5. The molecule has 0 spiro atoms. The van der Waals surface area contributed by atoms with Gasteiger partial charge in [-0.1, -0.05) is 51.7 Å². The van der Waals surface area contributed by atoms with Gasteiger partial charge in [0.15, 0.2) is 0 Å². The monoisotopic (exact) mass is 499 g/mol. The SMILES string of the molecule is CCCCCCCN(CCc1cccc(OC(C)(CC)C(=O)O)c1)C(=O)c1ccc(OC)cc1OC. The van der Waals surface area contributed by atoms with Crippen molar-refractivity contribution in [2.45, 2.75) is 71.3 Å². The first-order valence-corrected chi connectivity index (χ1v) is 12.8. The minimum atomic E-state index is -1.29. The van der Waals surface area contributed by atoms with E-state index < -0.39 is 11.6 Å². The summed E-state index contributed by atoms with van der Waals surface area (Å²) >= 11 is 0. The first-order valence-electron chi connectivity index (χ1n) is 12.8. The van der Waals surface area contributed by atoms with Crippen molar-refractivity contribution in [3.05, 3.63) is 53.6 Å². The molecule has 2 aromatic carbocycles. The Kier molecular flexibility index (Phi) is 11.6. The van der Waals surface area contributed by atoms with Crippen molar-refractivity contribution in [1.29, 1.82) is 0 Å². The third-order valence-corrected chi connectivity index (χ3v) is 6.50. The van der Waals surface area contributed by atoms with Gasteiger partial charge in [-0.25, -0.2) is 4.79 Å². The zero-order valence-electron chi connectivity index (χ0n) is 22.3. The van der Waals surface area contributed by atoms with E-state index in [4.69, 9.17) is 14.2 Å². The second-order valence-electron chi connectivity index (χ2n) is 9.16. The maximum Gasteiger partial charge on any atom is 0.347 e. The number of amides is 1. The molecule has 198 valence electrons. The third-order valence-electron chi connectivity index (χ3n) is 6.50. The summed E-state index contributed by atoms with van der Waals surface area (Å²) in [4.78, 5) is 27.1. The Bertz CT molecular complexity index is 991. The Hall–Kier alpha value is -3.22. The van der Waals surface area contributed by atoms with Gasteiger partial charge in [-0.3, -0.25) is 4.79 Å². The van der Waals surface area contributed by atoms with Gasteiger partial charge in [0.2, 0.25) is 5.60 Å². The summed E-state index contributed by atoms with van der Waals surface area (Å²) in [5.41, 5.74) is 0.190. The summed E-state index contributed by atoms with van der Waals surface area (Å²) in [7, 11) is 3.13. The Morgan fingerprint density at radius 3 is 2.31 bits per heavy atom. The molecule has 1 unspecified atom stereocenters. The van der Waals surface area contributed by atoms with Crippen LogP contribution in [0.2, 0.25) is 0 Å². The molecule has 0 aromatic heterocycles. The van der Waals surface area contributed by atoms with E-state index in [1.807, 2.05) is 23.1 Å². The topological polar surface area (TPSA) is 85.3 Å². The van der Waals surface area contributed by atoms with Crippen LogP contribution in [-0.4, -0.2) is 54.8 Å². The van der Waals surface area contributed by atoms with E-state index in [2.05, 4.69) is 6.92 Å². The number of benzene rings is 2. The van der Waals surface area contributed by atoms with E-state index in [-0.39, 0.29) is 5.91 Å². The number of carbonyl (C=O) groups is 2. The van der Waals surface area contributed by atoms with Crippen molar-refractivity contribution in [2.75, 3.05) is 27.3 Å². The van der Waals surface area contributed by atoms with Gasteiger partial charge < -0.3 is 24.2 Å². The molecule has 0 aliphatic carbocycles. The van der Waals surface area contributed by atoms with Crippen LogP contribution in [0.1, 0.15) is 75.2 Å². The van der Waals surface area contributed by atoms with E-state index in [0.29, 0.717) is 48.7 Å². The molecule has 0 radical (unpaired) electrons. The van der Waals surface area contributed by atoms with E-state index >= 15 is 0 Å². The Morgan fingerprint density at radius 1 is 0.917 bits per heavy atom. The Morgan fingerprint density at radius 2 is 1.67 bits per heavy atom. The van der Waals surface area contributed by atoms with Crippen LogP contribution in [-0.2, 0) is 11.2 Å². The fourth-order valence-corrected chi connectivity index (χ4v) is 3.92. The number of hydrogen-bond acceptors (Lipinski definition) is 5. The van der Waals surface area contributed by atoms with Gasteiger partial charge in [0.05, 0.1) is 19.8 Å². The smallest absolute Gasteiger partial charge is 0.347 e. The molecule has 1 amide bonds. The molecular formula is C29H41NO6. The minimum Gasteiger partial charge on any atom is -0.497 e. The highest BCUT2D eigenvalue weighted by molar-refractivity contribution is 5.97. The number of carboxylic acid groups (broad SMARTS) is 1. The van der Waals surface area contributed by atoms with E-state index in [1.54, 1.807) is 52.3 Å². The molecule has 0 fully saturated rings. The van der Waals surface area contributed by atoms with Crippen molar-refractivity contribution >= 4 is 11.9 Å². The number of nitrogens with zero attached hydrogens (tertiary/aromatic N) is 1. The number of aliphatic carboxylic acids is 1. The highest BCUT2D eigenvalue weighted by Gasteiger charge is 2.33. The zero-order valence-corrected chi connectivity index (χ0v) is 22.3. The predicted molar refractivity (Wildman–Crippen MR) is 141 cm³/mol. The maximum atomic E-state index is 13.5. The van der Waals surface area contributed by atoms with Gasteiger partial charge in [0.25, 0.3) is 5.91 Å². The summed E-state index contributed by atoms with van der Waals surface area (Å²) in [6, 6.07) is 12.7. The molecule has 0 heterocycles. The number of hydrogen-bond donors (Lipinski definition) is 1. The average molecular weight is 500 g/mol. The van der Waals surface area contributed by atoms with Crippen LogP contribution in [0.3, 0.4) is 0 Å². The standard InChI is InChI=1S/C29H41NO6/c1-6-8-9-10-11-18-30(27(31)25-16-15-23(34-4)21-26(25)35-5)19-17-22-13-12-14-24(20-22)36-29(3,7-2)28(32)33/h12-16,20-21H,6-11,17-19H2,1-5H3,(H,32,33). The van der Waals surface area contributed by atoms with Crippen molar-refractivity contribution < 1.29 is 28.9 Å². The van der Waals surface area contributed by atoms with Gasteiger partial charge in [0.1, 0.15) is 17.2 Å². The minimum absolute atomic E-state index is 0.0816. The summed E-state index contributed by atoms with van der Waals surface area (Å²) in [5.74, 6) is 0.545. The van der Waals surface area contributed by atoms with E-state index in [0.717, 1.165) is 24.8 Å². The molecule has 2 rings (SSSR count). The lowest BCUT2D eigenvalue weighted by molar-refractivity contribution is -0.154. The van der Waals surface area contributed by atoms with Crippen LogP contribution < -0.4 is 14.2 Å². The molecule has 0 bridgehead atoms. The van der Waals surface area contributed by atoms with E-state index in [1.165, 1.54) is 12.8 Å². The lowest BCUT2D eigenvalue weighted by Gasteiger charge is -2.26. The molecule has 0 aliphatic rings. The van der Waals surface area contributed by atoms with Crippen LogP contribution in [0, 0.1) is 0 Å². The Balaban J connectivity index is 2.18. The lowest BCUT2D eigenvalue weighted by atomic mass is 10.0. The van der Waals surface area contributed by atoms with Crippen molar-refractivity contribution in [2.24, 2.45) is 0 Å². The number of rotatable bonds is 16. The molecule has 0 aliphatic heterocycles. The molecule has 0 saturated heterocycles. The molecular weight excluding hydrogens is 458 g/mol. The molecule has 1 N–H and O–H groups in total. The molecule has 2 aromatic rings. The van der Waals surface area contributed by atoms with Crippen LogP contribution in [0.4, 0.5) is 0 Å². The fraction of sp³-hybridized carbons (Fsp3) is 0.517. The number of carbonyl (C=O) groups excluding carboxylic acids is 1. The quantitative estimate of drug-likeness (QED) is 0.286. The number of carboxylic acids is 1. The zero-order chi connectivity index (χ0) is 26.6. The van der Waals surface area contributed by atoms with E-state index in [9.17, 15) is 14.7 Å². The largest absolute Gasteiger partial charge is 0.497 e. The molecule has 7 heteroatoms. The summed E-state index contributed by atoms with van der Waals surface area (Å²) in [5, 5.41) is 9.53. The van der Waals surface area contributed by atoms with Gasteiger partial charge >= 0.3 is 5.97 Å². The first kappa shape index (κ1) is 29.0. The summed E-state index contributed by atoms with van der Waals surface area (Å²) < 4.78 is 16.6. The van der Waals surface area contributed by atoms with Gasteiger partial charge in [-0.2, -0.15) is 0 Å². The molecule has 0 saturated carbocycles. The van der Waals surface area contributed by atoms with Crippen LogP contribution in [0.25, 0.3) is 0 Å². The predicted octanol–water partition coefficient (Wildman–Crippen LogP) is 5.99. The average Bonchev–Trinajstić information content (AvgIpc) is 2.89. The number of methoxy groups -OCH3 is 2. The molecule has 36 heavy (non-hydrogen) atoms. The normalized spacial score (nSPS) is 12.5. The van der Waals surface area contributed by atoms with Crippen LogP contribution >= 0.6 is 0 Å². The van der Waals surface area contributed by atoms with Crippen molar-refractivity contribution in [1.82, 2.24) is 4.90 Å². The van der Waals surface area contributed by atoms with Crippen molar-refractivity contribution in [3.63, 3.8) is 0 Å². The fourth-order valence-electron chi connectivity index (χ4n) is 3.92. The molecule has 1 atom stereocenters. The second-order valence-corrected chi connectivity index (χ2v) is 9.16. The summed E-state index contributed by atoms with van der Waals surface area (Å²) in [6.45, 7) is 6.72. The summed E-state index contributed by atoms with van der Waals surface area (Å²) in [6.07, 6.45) is 6.49. The van der Waals surface area contributed by atoms with Gasteiger partial charge in [-0.15, -0.1) is 0 Å². The maximum absolute atomic E-state index is 13.5.